The Labute approximate surface area is 168 Å². The summed E-state index contributed by atoms with van der Waals surface area (Å²) in [4.78, 5) is 0. The third kappa shape index (κ3) is 2.12. The fourth-order valence-corrected chi connectivity index (χ4v) is 11.8. The van der Waals surface area contributed by atoms with Gasteiger partial charge in [-0.1, -0.05) is 52.9 Å². The van der Waals surface area contributed by atoms with E-state index >= 15 is 0 Å². The van der Waals surface area contributed by atoms with Crippen molar-refractivity contribution in [3.8, 4) is 0 Å². The van der Waals surface area contributed by atoms with Crippen molar-refractivity contribution >= 4 is 0 Å². The highest BCUT2D eigenvalue weighted by molar-refractivity contribution is 5.18. The van der Waals surface area contributed by atoms with Crippen LogP contribution in [0.3, 0.4) is 0 Å². The Morgan fingerprint density at radius 1 is 0.481 bits per heavy atom. The van der Waals surface area contributed by atoms with Crippen molar-refractivity contribution in [2.24, 2.45) is 70.5 Å². The Morgan fingerprint density at radius 2 is 1.07 bits per heavy atom. The zero-order valence-corrected chi connectivity index (χ0v) is 18.3. The van der Waals surface area contributed by atoms with E-state index in [4.69, 9.17) is 0 Å². The third-order valence-corrected chi connectivity index (χ3v) is 12.3. The Morgan fingerprint density at radius 3 is 1.89 bits per heavy atom. The lowest BCUT2D eigenvalue weighted by molar-refractivity contribution is -0.196. The monoisotopic (exact) mass is 368 g/mol. The van der Waals surface area contributed by atoms with Crippen LogP contribution in [0.15, 0.2) is 0 Å². The molecule has 0 N–H and O–H groups in total. The van der Waals surface area contributed by atoms with Crippen LogP contribution in [-0.2, 0) is 0 Å². The van der Waals surface area contributed by atoms with Crippen molar-refractivity contribution in [1.82, 2.24) is 0 Å². The number of rotatable bonds is 0. The average molecular weight is 369 g/mol. The fraction of sp³-hybridized carbons (Fsp3) is 1.00. The zero-order valence-electron chi connectivity index (χ0n) is 18.3. The van der Waals surface area contributed by atoms with Gasteiger partial charge in [-0.3, -0.25) is 0 Å². The molecule has 0 saturated heterocycles. The molecule has 27 heavy (non-hydrogen) atoms. The minimum atomic E-state index is 0.756. The molecule has 12 unspecified atom stereocenters. The summed E-state index contributed by atoms with van der Waals surface area (Å²) < 4.78 is 0. The Kier molecular flexibility index (Phi) is 4.12. The van der Waals surface area contributed by atoms with Gasteiger partial charge in [0.15, 0.2) is 0 Å². The molecule has 6 aliphatic carbocycles. The van der Waals surface area contributed by atoms with E-state index in [0.29, 0.717) is 0 Å². The van der Waals surface area contributed by atoms with Crippen molar-refractivity contribution in [2.75, 3.05) is 0 Å². The molecule has 0 bridgehead atoms. The van der Waals surface area contributed by atoms with Crippen LogP contribution in [0.25, 0.3) is 0 Å². The quantitative estimate of drug-likeness (QED) is 0.413. The van der Waals surface area contributed by atoms with Crippen LogP contribution in [-0.4, -0.2) is 0 Å². The lowest BCUT2D eigenvalue weighted by atomic mass is 9.37. The maximum atomic E-state index is 2.81. The van der Waals surface area contributed by atoms with E-state index in [-0.39, 0.29) is 0 Å². The number of hydrogen-bond acceptors (Lipinski definition) is 0. The molecular weight excluding hydrogens is 324 g/mol. The summed E-state index contributed by atoms with van der Waals surface area (Å²) >= 11 is 0. The van der Waals surface area contributed by atoms with Crippen LogP contribution in [0.1, 0.15) is 97.8 Å². The summed E-state index contributed by atoms with van der Waals surface area (Å²) in [5.74, 6) is 12.0. The summed E-state index contributed by atoms with van der Waals surface area (Å²) in [6.45, 7) is 8.21. The Balaban J connectivity index is 1.47. The van der Waals surface area contributed by atoms with E-state index in [1.165, 1.54) is 0 Å². The van der Waals surface area contributed by atoms with Crippen LogP contribution < -0.4 is 0 Å². The van der Waals surface area contributed by atoms with Gasteiger partial charge in [-0.25, -0.2) is 0 Å². The van der Waals surface area contributed by atoms with E-state index in [0.717, 1.165) is 70.5 Å². The van der Waals surface area contributed by atoms with Crippen LogP contribution in [0, 0.1) is 70.5 Å². The average Bonchev–Trinajstić information content (AvgIpc) is 2.97. The second kappa shape index (κ2) is 6.25. The lowest BCUT2D eigenvalue weighted by Crippen LogP contribution is -2.62. The lowest BCUT2D eigenvalue weighted by Gasteiger charge is -2.67. The van der Waals surface area contributed by atoms with E-state index in [9.17, 15) is 0 Å². The first-order valence-electron chi connectivity index (χ1n) is 13.2. The molecule has 0 aliphatic heterocycles. The number of hydrogen-bond donors (Lipinski definition) is 0. The van der Waals surface area contributed by atoms with Gasteiger partial charge in [0.2, 0.25) is 0 Å². The predicted octanol–water partition coefficient (Wildman–Crippen LogP) is 7.57. The predicted molar refractivity (Wildman–Crippen MR) is 113 cm³/mol. The van der Waals surface area contributed by atoms with Gasteiger partial charge in [-0.15, -0.1) is 0 Å². The highest BCUT2D eigenvalue weighted by Crippen LogP contribution is 2.76. The summed E-state index contributed by atoms with van der Waals surface area (Å²) in [6, 6.07) is 0. The van der Waals surface area contributed by atoms with Gasteiger partial charge < -0.3 is 0 Å². The van der Waals surface area contributed by atoms with Crippen LogP contribution in [0.4, 0.5) is 0 Å². The molecule has 6 saturated carbocycles. The van der Waals surface area contributed by atoms with E-state index in [1.807, 2.05) is 0 Å². The molecule has 0 heteroatoms. The number of fused-ring (bicyclic) bond motifs is 3. The zero-order chi connectivity index (χ0) is 18.3. The molecule has 0 aromatic heterocycles. The van der Waals surface area contributed by atoms with Gasteiger partial charge in [0, 0.05) is 0 Å². The third-order valence-electron chi connectivity index (χ3n) is 12.3. The van der Waals surface area contributed by atoms with Gasteiger partial charge >= 0.3 is 0 Å². The summed E-state index contributed by atoms with van der Waals surface area (Å²) in [7, 11) is 0. The van der Waals surface area contributed by atoms with E-state index < -0.39 is 0 Å². The second-order valence-electron chi connectivity index (χ2n) is 12.4. The van der Waals surface area contributed by atoms with Crippen molar-refractivity contribution < 1.29 is 0 Å². The maximum Gasteiger partial charge on any atom is -0.0179 e. The molecule has 152 valence electrons. The molecule has 6 aliphatic rings. The van der Waals surface area contributed by atoms with Crippen molar-refractivity contribution in [3.05, 3.63) is 0 Å². The SMILES string of the molecule is CC1CCC2C3C1CCCC3C1CCCC3C4CCCCC4C(C)C31C2C. The molecule has 6 rings (SSSR count). The fourth-order valence-electron chi connectivity index (χ4n) is 11.8. The molecule has 0 nitrogen and oxygen atoms in total. The largest absolute Gasteiger partial charge is 0.0622 e. The smallest absolute Gasteiger partial charge is 0.0179 e. The van der Waals surface area contributed by atoms with E-state index in [1.54, 1.807) is 77.0 Å². The standard InChI is InChI=1S/C27H44/c1-16-14-15-21-18(3)27-17(2)20-8-4-5-9-22(20)24(27)12-7-13-25(27)23-11-6-10-19(16)26(21)23/h16-26H,4-15H2,1-3H3. The minimum absolute atomic E-state index is 0.756. The summed E-state index contributed by atoms with van der Waals surface area (Å²) in [5.41, 5.74) is 0.756. The molecule has 0 aromatic rings. The molecule has 0 amide bonds. The van der Waals surface area contributed by atoms with Gasteiger partial charge in [0.25, 0.3) is 0 Å². The first-order chi connectivity index (χ1) is 13.2. The molecule has 0 radical (unpaired) electrons. The van der Waals surface area contributed by atoms with Crippen molar-refractivity contribution in [2.45, 2.75) is 97.8 Å². The maximum absolute atomic E-state index is 2.81. The van der Waals surface area contributed by atoms with E-state index in [2.05, 4.69) is 20.8 Å². The molecule has 1 spiro atoms. The molecule has 0 heterocycles. The molecule has 12 atom stereocenters. The van der Waals surface area contributed by atoms with Crippen LogP contribution in [0.2, 0.25) is 0 Å². The van der Waals surface area contributed by atoms with Gasteiger partial charge in [-0.2, -0.15) is 0 Å². The molecule has 0 aromatic carbocycles. The Bertz CT molecular complexity index is 579. The first kappa shape index (κ1) is 17.8. The highest BCUT2D eigenvalue weighted by atomic mass is 14.7. The summed E-state index contributed by atoms with van der Waals surface area (Å²) in [6.07, 6.45) is 19.0. The van der Waals surface area contributed by atoms with Gasteiger partial charge in [-0.05, 0) is 115 Å². The van der Waals surface area contributed by atoms with Crippen LogP contribution >= 0.6 is 0 Å². The first-order valence-corrected chi connectivity index (χ1v) is 13.2. The highest BCUT2D eigenvalue weighted by Gasteiger charge is 2.70. The molecular formula is C27H44. The van der Waals surface area contributed by atoms with Crippen molar-refractivity contribution in [3.63, 3.8) is 0 Å². The Hall–Kier alpha value is 0. The topological polar surface area (TPSA) is 0 Å². The van der Waals surface area contributed by atoms with Crippen molar-refractivity contribution in [1.29, 1.82) is 0 Å². The summed E-state index contributed by atoms with van der Waals surface area (Å²) in [5, 5.41) is 0. The normalized spacial score (nSPS) is 62.1. The van der Waals surface area contributed by atoms with Gasteiger partial charge in [0.05, 0.1) is 0 Å². The molecule has 6 fully saturated rings. The van der Waals surface area contributed by atoms with Crippen LogP contribution in [0.5, 0.6) is 0 Å². The minimum Gasteiger partial charge on any atom is -0.0622 e. The second-order valence-corrected chi connectivity index (χ2v) is 12.4. The van der Waals surface area contributed by atoms with Gasteiger partial charge in [0.1, 0.15) is 0 Å².